The van der Waals surface area contributed by atoms with Gasteiger partial charge in [0.1, 0.15) is 6.73 Å². The van der Waals surface area contributed by atoms with E-state index in [1.807, 2.05) is 10.9 Å². The van der Waals surface area contributed by atoms with Crippen molar-refractivity contribution >= 4 is 19.9 Å². The molecule has 140 valence electrons. The maximum atomic E-state index is 11.0. The smallest absolute Gasteiger partial charge is 0.407 e. The summed E-state index contributed by atoms with van der Waals surface area (Å²) in [6.45, 7) is 11.7. The van der Waals surface area contributed by atoms with Crippen LogP contribution in [-0.2, 0) is 11.5 Å². The van der Waals surface area contributed by atoms with E-state index in [4.69, 9.17) is 9.84 Å². The standard InChI is InChI=1S/C17H30N4O3Si/c1-25(2,3)9-8-24-14-21-11-15(10-18-21)19-6-4-17(5-7-19)12-20(13-17)16(22)23/h10-11H,4-9,12-14H2,1-3H3,(H,22,23). The second-order valence-corrected chi connectivity index (χ2v) is 14.3. The van der Waals surface area contributed by atoms with Gasteiger partial charge in [-0.15, -0.1) is 0 Å². The predicted octanol–water partition coefficient (Wildman–Crippen LogP) is 2.78. The molecule has 0 aliphatic carbocycles. The maximum absolute atomic E-state index is 11.0. The second kappa shape index (κ2) is 6.99. The number of hydrogen-bond donors (Lipinski definition) is 1. The van der Waals surface area contributed by atoms with Crippen LogP contribution in [0.4, 0.5) is 10.5 Å². The van der Waals surface area contributed by atoms with Crippen LogP contribution in [0.1, 0.15) is 12.8 Å². The van der Waals surface area contributed by atoms with Crippen molar-refractivity contribution in [2.75, 3.05) is 37.7 Å². The lowest BCUT2D eigenvalue weighted by atomic mass is 9.72. The first kappa shape index (κ1) is 18.3. The fourth-order valence-corrected chi connectivity index (χ4v) is 4.33. The van der Waals surface area contributed by atoms with Gasteiger partial charge in [0.15, 0.2) is 0 Å². The van der Waals surface area contributed by atoms with Gasteiger partial charge in [-0.05, 0) is 18.9 Å². The van der Waals surface area contributed by atoms with Gasteiger partial charge in [0.05, 0.1) is 18.1 Å². The zero-order valence-corrected chi connectivity index (χ0v) is 16.6. The highest BCUT2D eigenvalue weighted by Crippen LogP contribution is 2.41. The molecule has 0 saturated carbocycles. The minimum atomic E-state index is -1.04. The summed E-state index contributed by atoms with van der Waals surface area (Å²) < 4.78 is 7.61. The average Bonchev–Trinajstić information content (AvgIpc) is 2.97. The van der Waals surface area contributed by atoms with Gasteiger partial charge in [0, 0.05) is 46.3 Å². The molecule has 25 heavy (non-hydrogen) atoms. The van der Waals surface area contributed by atoms with E-state index in [0.717, 1.165) is 38.2 Å². The Morgan fingerprint density at radius 2 is 2.00 bits per heavy atom. The van der Waals surface area contributed by atoms with Crippen molar-refractivity contribution in [3.63, 3.8) is 0 Å². The summed E-state index contributed by atoms with van der Waals surface area (Å²) in [4.78, 5) is 14.8. The molecule has 1 aromatic heterocycles. The van der Waals surface area contributed by atoms with Crippen LogP contribution >= 0.6 is 0 Å². The molecule has 0 bridgehead atoms. The first-order chi connectivity index (χ1) is 11.8. The molecule has 0 unspecified atom stereocenters. The number of amides is 1. The summed E-state index contributed by atoms with van der Waals surface area (Å²) in [5.74, 6) is 0. The van der Waals surface area contributed by atoms with Crippen LogP contribution in [0.3, 0.4) is 0 Å². The molecule has 0 aromatic carbocycles. The van der Waals surface area contributed by atoms with E-state index in [0.29, 0.717) is 19.8 Å². The Balaban J connectivity index is 1.42. The first-order valence-electron chi connectivity index (χ1n) is 9.09. The molecule has 0 radical (unpaired) electrons. The highest BCUT2D eigenvalue weighted by Gasteiger charge is 2.46. The molecule has 1 amide bonds. The summed E-state index contributed by atoms with van der Waals surface area (Å²) in [6.07, 6.45) is 5.27. The molecule has 7 nitrogen and oxygen atoms in total. The molecule has 1 aromatic rings. The fourth-order valence-electron chi connectivity index (χ4n) is 3.58. The molecule has 2 aliphatic rings. The van der Waals surface area contributed by atoms with Gasteiger partial charge in [-0.25, -0.2) is 9.48 Å². The number of piperidine rings is 1. The second-order valence-electron chi connectivity index (χ2n) is 8.71. The molecule has 1 spiro atoms. The molecule has 2 aliphatic heterocycles. The third-order valence-electron chi connectivity index (χ3n) is 5.35. The zero-order chi connectivity index (χ0) is 18.1. The highest BCUT2D eigenvalue weighted by molar-refractivity contribution is 6.76. The van der Waals surface area contributed by atoms with E-state index in [2.05, 4.69) is 35.8 Å². The Bertz CT molecular complexity index is 597. The van der Waals surface area contributed by atoms with E-state index >= 15 is 0 Å². The lowest BCUT2D eigenvalue weighted by Gasteiger charge is -2.53. The Hall–Kier alpha value is -1.54. The number of carbonyl (C=O) groups is 1. The van der Waals surface area contributed by atoms with Gasteiger partial charge in [-0.1, -0.05) is 19.6 Å². The maximum Gasteiger partial charge on any atom is 0.407 e. The van der Waals surface area contributed by atoms with Crippen LogP contribution in [0, 0.1) is 5.41 Å². The number of aromatic nitrogens is 2. The van der Waals surface area contributed by atoms with Crippen molar-refractivity contribution in [1.29, 1.82) is 0 Å². The first-order valence-corrected chi connectivity index (χ1v) is 12.8. The lowest BCUT2D eigenvalue weighted by Crippen LogP contribution is -2.61. The molecule has 2 fully saturated rings. The Morgan fingerprint density at radius 3 is 2.60 bits per heavy atom. The number of ether oxygens (including phenoxy) is 1. The molecular formula is C17H30N4O3Si. The highest BCUT2D eigenvalue weighted by atomic mass is 28.3. The number of carboxylic acid groups (broad SMARTS) is 1. The van der Waals surface area contributed by atoms with Crippen molar-refractivity contribution in [2.45, 2.75) is 45.3 Å². The van der Waals surface area contributed by atoms with Gasteiger partial charge in [0.2, 0.25) is 0 Å². The molecule has 2 saturated heterocycles. The Kier molecular flexibility index (Phi) is 5.10. The van der Waals surface area contributed by atoms with Crippen molar-refractivity contribution in [3.8, 4) is 0 Å². The van der Waals surface area contributed by atoms with Crippen molar-refractivity contribution < 1.29 is 14.6 Å². The molecule has 8 heteroatoms. The number of anilines is 1. The van der Waals surface area contributed by atoms with E-state index in [-0.39, 0.29) is 5.41 Å². The third kappa shape index (κ3) is 4.55. The normalized spacial score (nSPS) is 20.0. The van der Waals surface area contributed by atoms with E-state index in [1.54, 1.807) is 0 Å². The summed E-state index contributed by atoms with van der Waals surface area (Å²) in [5.41, 5.74) is 1.35. The largest absolute Gasteiger partial charge is 0.465 e. The number of rotatable bonds is 6. The van der Waals surface area contributed by atoms with Gasteiger partial charge in [-0.3, -0.25) is 0 Å². The van der Waals surface area contributed by atoms with Crippen molar-refractivity contribution in [3.05, 3.63) is 12.4 Å². The average molecular weight is 367 g/mol. The van der Waals surface area contributed by atoms with Crippen LogP contribution in [0.5, 0.6) is 0 Å². The minimum absolute atomic E-state index is 0.213. The summed E-state index contributed by atoms with van der Waals surface area (Å²) in [6, 6.07) is 1.17. The summed E-state index contributed by atoms with van der Waals surface area (Å²) in [5, 5.41) is 13.4. The molecule has 3 rings (SSSR count). The van der Waals surface area contributed by atoms with Crippen LogP contribution < -0.4 is 4.90 Å². The third-order valence-corrected chi connectivity index (χ3v) is 7.06. The number of nitrogens with zero attached hydrogens (tertiary/aromatic N) is 4. The van der Waals surface area contributed by atoms with Crippen LogP contribution in [-0.4, -0.2) is 66.7 Å². The molecule has 1 N–H and O–H groups in total. The topological polar surface area (TPSA) is 70.8 Å². The Labute approximate surface area is 150 Å². The minimum Gasteiger partial charge on any atom is -0.465 e. The SMILES string of the molecule is C[Si](C)(C)CCOCn1cc(N2CCC3(CC2)CN(C(=O)O)C3)cn1. The quantitative estimate of drug-likeness (QED) is 0.619. The van der Waals surface area contributed by atoms with Gasteiger partial charge >= 0.3 is 6.09 Å². The van der Waals surface area contributed by atoms with Crippen molar-refractivity contribution in [2.24, 2.45) is 5.41 Å². The van der Waals surface area contributed by atoms with Crippen LogP contribution in [0.25, 0.3) is 0 Å². The van der Waals surface area contributed by atoms with Gasteiger partial charge in [-0.2, -0.15) is 5.10 Å². The molecule has 0 atom stereocenters. The fraction of sp³-hybridized carbons (Fsp3) is 0.765. The lowest BCUT2D eigenvalue weighted by molar-refractivity contribution is -0.00636. The zero-order valence-electron chi connectivity index (χ0n) is 15.6. The van der Waals surface area contributed by atoms with E-state index in [9.17, 15) is 4.79 Å². The Morgan fingerprint density at radius 1 is 1.32 bits per heavy atom. The molecule has 3 heterocycles. The van der Waals surface area contributed by atoms with Crippen molar-refractivity contribution in [1.82, 2.24) is 14.7 Å². The summed E-state index contributed by atoms with van der Waals surface area (Å²) in [7, 11) is -1.04. The summed E-state index contributed by atoms with van der Waals surface area (Å²) >= 11 is 0. The van der Waals surface area contributed by atoms with E-state index in [1.165, 1.54) is 10.9 Å². The predicted molar refractivity (Wildman–Crippen MR) is 99.8 cm³/mol. The monoisotopic (exact) mass is 366 g/mol. The number of hydrogen-bond acceptors (Lipinski definition) is 4. The van der Waals surface area contributed by atoms with Crippen LogP contribution in [0.2, 0.25) is 25.7 Å². The number of likely N-dealkylation sites (tertiary alicyclic amines) is 1. The van der Waals surface area contributed by atoms with Crippen LogP contribution in [0.15, 0.2) is 12.4 Å². The van der Waals surface area contributed by atoms with Gasteiger partial charge < -0.3 is 19.6 Å². The van der Waals surface area contributed by atoms with E-state index < -0.39 is 14.2 Å². The molecular weight excluding hydrogens is 336 g/mol. The van der Waals surface area contributed by atoms with Gasteiger partial charge in [0.25, 0.3) is 0 Å².